The quantitative estimate of drug-likeness (QED) is 0.815. The van der Waals surface area contributed by atoms with Crippen LogP contribution in [-0.4, -0.2) is 25.5 Å². The van der Waals surface area contributed by atoms with Crippen molar-refractivity contribution in [2.24, 2.45) is 0 Å². The molecule has 0 atom stereocenters. The predicted molar refractivity (Wildman–Crippen MR) is 89.7 cm³/mol. The molecule has 0 saturated carbocycles. The van der Waals surface area contributed by atoms with Gasteiger partial charge in [0.1, 0.15) is 11.6 Å². The van der Waals surface area contributed by atoms with Crippen molar-refractivity contribution < 1.29 is 18.7 Å². The summed E-state index contributed by atoms with van der Waals surface area (Å²) in [5, 5.41) is 4.74. The van der Waals surface area contributed by atoms with Gasteiger partial charge in [-0.3, -0.25) is 9.59 Å². The van der Waals surface area contributed by atoms with E-state index < -0.39 is 17.6 Å². The van der Waals surface area contributed by atoms with Crippen LogP contribution >= 0.6 is 11.6 Å². The summed E-state index contributed by atoms with van der Waals surface area (Å²) in [6, 6.07) is 11.1. The second-order valence-corrected chi connectivity index (χ2v) is 5.35. The molecule has 7 heteroatoms. The molecule has 0 aliphatic heterocycles. The molecule has 0 aliphatic rings. The highest BCUT2D eigenvalue weighted by molar-refractivity contribution is 6.39. The highest BCUT2D eigenvalue weighted by Gasteiger charge is 2.13. The lowest BCUT2D eigenvalue weighted by Crippen LogP contribution is -2.36. The first kappa shape index (κ1) is 17.7. The summed E-state index contributed by atoms with van der Waals surface area (Å²) in [7, 11) is 1.58. The van der Waals surface area contributed by atoms with Crippen molar-refractivity contribution >= 4 is 29.1 Å². The van der Waals surface area contributed by atoms with E-state index in [4.69, 9.17) is 16.3 Å². The Morgan fingerprint density at radius 1 is 1.17 bits per heavy atom. The molecule has 2 amide bonds. The lowest BCUT2D eigenvalue weighted by molar-refractivity contribution is -0.136. The minimum Gasteiger partial charge on any atom is -0.497 e. The van der Waals surface area contributed by atoms with E-state index in [1.807, 2.05) is 24.3 Å². The number of rotatable bonds is 5. The first-order chi connectivity index (χ1) is 11.5. The van der Waals surface area contributed by atoms with E-state index in [1.165, 1.54) is 12.1 Å². The van der Waals surface area contributed by atoms with Crippen molar-refractivity contribution in [2.75, 3.05) is 19.0 Å². The van der Waals surface area contributed by atoms with Gasteiger partial charge in [0.05, 0.1) is 12.1 Å². The maximum atomic E-state index is 13.0. The number of hydrogen-bond acceptors (Lipinski definition) is 3. The van der Waals surface area contributed by atoms with Crippen LogP contribution in [0.3, 0.4) is 0 Å². The monoisotopic (exact) mass is 350 g/mol. The molecule has 2 aromatic rings. The molecular weight excluding hydrogens is 335 g/mol. The Balaban J connectivity index is 1.83. The van der Waals surface area contributed by atoms with Gasteiger partial charge in [-0.1, -0.05) is 23.7 Å². The number of hydrogen-bond donors (Lipinski definition) is 2. The first-order valence-electron chi connectivity index (χ1n) is 7.17. The number of amides is 2. The predicted octanol–water partition coefficient (Wildman–Crippen LogP) is 2.79. The summed E-state index contributed by atoms with van der Waals surface area (Å²) < 4.78 is 18.2. The van der Waals surface area contributed by atoms with Crippen LogP contribution in [0.15, 0.2) is 42.5 Å². The standard InChI is InChI=1S/C17H16ClFN2O3/c1-24-13-4-2-3-11(9-13)7-8-20-16(22)17(23)21-12-5-6-15(19)14(18)10-12/h2-6,9-10H,7-8H2,1H3,(H,20,22)(H,21,23). The lowest BCUT2D eigenvalue weighted by atomic mass is 10.1. The fourth-order valence-corrected chi connectivity index (χ4v) is 2.17. The number of halogens is 2. The summed E-state index contributed by atoms with van der Waals surface area (Å²) in [5.74, 6) is -1.50. The topological polar surface area (TPSA) is 67.4 Å². The van der Waals surface area contributed by atoms with E-state index in [0.717, 1.165) is 17.4 Å². The van der Waals surface area contributed by atoms with Crippen molar-refractivity contribution in [3.05, 3.63) is 58.9 Å². The Hall–Kier alpha value is -2.60. The summed E-state index contributed by atoms with van der Waals surface area (Å²) in [6.07, 6.45) is 0.554. The molecule has 2 rings (SSSR count). The van der Waals surface area contributed by atoms with Gasteiger partial charge >= 0.3 is 11.8 Å². The number of ether oxygens (including phenoxy) is 1. The molecule has 126 valence electrons. The van der Waals surface area contributed by atoms with Gasteiger partial charge in [-0.2, -0.15) is 0 Å². The zero-order valence-electron chi connectivity index (χ0n) is 12.9. The Labute approximate surface area is 143 Å². The smallest absolute Gasteiger partial charge is 0.313 e. The zero-order valence-corrected chi connectivity index (χ0v) is 13.7. The lowest BCUT2D eigenvalue weighted by Gasteiger charge is -2.08. The van der Waals surface area contributed by atoms with E-state index >= 15 is 0 Å². The Kier molecular flexibility index (Phi) is 6.14. The van der Waals surface area contributed by atoms with E-state index in [2.05, 4.69) is 10.6 Å². The van der Waals surface area contributed by atoms with Gasteiger partial charge in [-0.05, 0) is 42.3 Å². The van der Waals surface area contributed by atoms with Gasteiger partial charge in [-0.25, -0.2) is 4.39 Å². The second kappa shape index (κ2) is 8.31. The molecule has 2 N–H and O–H groups in total. The molecule has 0 bridgehead atoms. The summed E-state index contributed by atoms with van der Waals surface area (Å²) in [5.41, 5.74) is 1.22. The minimum atomic E-state index is -0.844. The molecule has 5 nitrogen and oxygen atoms in total. The third kappa shape index (κ3) is 4.96. The van der Waals surface area contributed by atoms with Gasteiger partial charge in [0.15, 0.2) is 0 Å². The van der Waals surface area contributed by atoms with Crippen LogP contribution in [0.25, 0.3) is 0 Å². The van der Waals surface area contributed by atoms with Gasteiger partial charge in [0, 0.05) is 12.2 Å². The van der Waals surface area contributed by atoms with Crippen LogP contribution in [0.2, 0.25) is 5.02 Å². The molecule has 0 aliphatic carbocycles. The van der Waals surface area contributed by atoms with Crippen LogP contribution in [0.4, 0.5) is 10.1 Å². The Morgan fingerprint density at radius 3 is 2.67 bits per heavy atom. The average molecular weight is 351 g/mol. The van der Waals surface area contributed by atoms with Crippen LogP contribution < -0.4 is 15.4 Å². The minimum absolute atomic E-state index is 0.133. The third-order valence-corrected chi connectivity index (χ3v) is 3.51. The molecule has 0 spiro atoms. The molecule has 0 unspecified atom stereocenters. The molecular formula is C17H16ClFN2O3. The maximum Gasteiger partial charge on any atom is 0.313 e. The number of anilines is 1. The highest BCUT2D eigenvalue weighted by Crippen LogP contribution is 2.19. The Bertz CT molecular complexity index is 752. The second-order valence-electron chi connectivity index (χ2n) is 4.94. The maximum absolute atomic E-state index is 13.0. The molecule has 0 radical (unpaired) electrons. The fraction of sp³-hybridized carbons (Fsp3) is 0.176. The number of carbonyl (C=O) groups excluding carboxylic acids is 2. The summed E-state index contributed by atoms with van der Waals surface area (Å²) >= 11 is 5.62. The normalized spacial score (nSPS) is 10.1. The zero-order chi connectivity index (χ0) is 17.5. The largest absolute Gasteiger partial charge is 0.497 e. The van der Waals surface area contributed by atoms with Crippen molar-refractivity contribution in [2.45, 2.75) is 6.42 Å². The Morgan fingerprint density at radius 2 is 1.96 bits per heavy atom. The molecule has 0 fully saturated rings. The molecule has 0 saturated heterocycles. The fourth-order valence-electron chi connectivity index (χ4n) is 1.99. The average Bonchev–Trinajstić information content (AvgIpc) is 2.58. The van der Waals surface area contributed by atoms with E-state index in [-0.39, 0.29) is 10.7 Å². The van der Waals surface area contributed by atoms with Crippen LogP contribution in [0.5, 0.6) is 5.75 Å². The first-order valence-corrected chi connectivity index (χ1v) is 7.54. The van der Waals surface area contributed by atoms with E-state index in [0.29, 0.717) is 13.0 Å². The molecule has 0 heterocycles. The summed E-state index contributed by atoms with van der Waals surface area (Å²) in [4.78, 5) is 23.5. The van der Waals surface area contributed by atoms with Crippen molar-refractivity contribution in [1.82, 2.24) is 5.32 Å². The van der Waals surface area contributed by atoms with Crippen molar-refractivity contribution in [3.63, 3.8) is 0 Å². The number of methoxy groups -OCH3 is 1. The molecule has 24 heavy (non-hydrogen) atoms. The van der Waals surface area contributed by atoms with Crippen LogP contribution in [0.1, 0.15) is 5.56 Å². The molecule has 2 aromatic carbocycles. The van der Waals surface area contributed by atoms with Crippen LogP contribution in [0, 0.1) is 5.82 Å². The van der Waals surface area contributed by atoms with E-state index in [1.54, 1.807) is 7.11 Å². The van der Waals surface area contributed by atoms with Gasteiger partial charge in [-0.15, -0.1) is 0 Å². The van der Waals surface area contributed by atoms with Gasteiger partial charge in [0.2, 0.25) is 0 Å². The SMILES string of the molecule is COc1cccc(CCNC(=O)C(=O)Nc2ccc(F)c(Cl)c2)c1. The van der Waals surface area contributed by atoms with Gasteiger partial charge < -0.3 is 15.4 Å². The van der Waals surface area contributed by atoms with Crippen molar-refractivity contribution in [1.29, 1.82) is 0 Å². The van der Waals surface area contributed by atoms with Crippen molar-refractivity contribution in [3.8, 4) is 5.75 Å². The van der Waals surface area contributed by atoms with Crippen LogP contribution in [-0.2, 0) is 16.0 Å². The number of benzene rings is 2. The highest BCUT2D eigenvalue weighted by atomic mass is 35.5. The molecule has 0 aromatic heterocycles. The summed E-state index contributed by atoms with van der Waals surface area (Å²) in [6.45, 7) is 0.295. The van der Waals surface area contributed by atoms with E-state index in [9.17, 15) is 14.0 Å². The third-order valence-electron chi connectivity index (χ3n) is 3.22. The number of carbonyl (C=O) groups is 2. The number of nitrogens with one attached hydrogen (secondary N) is 2. The van der Waals surface area contributed by atoms with Gasteiger partial charge in [0.25, 0.3) is 0 Å².